The number of benzene rings is 2. The van der Waals surface area contributed by atoms with E-state index in [4.69, 9.17) is 5.73 Å². The number of nitrogens with one attached hydrogen (secondary N) is 1. The van der Waals surface area contributed by atoms with Crippen molar-refractivity contribution in [2.24, 2.45) is 0 Å². The average molecular weight is 345 g/mol. The second-order valence-electron chi connectivity index (χ2n) is 5.52. The maximum atomic E-state index is 12.6. The molecule has 0 amide bonds. The van der Waals surface area contributed by atoms with Gasteiger partial charge in [0.15, 0.2) is 0 Å². The van der Waals surface area contributed by atoms with Gasteiger partial charge in [-0.25, -0.2) is 8.42 Å². The Bertz CT molecular complexity index is 850. The maximum Gasteiger partial charge on any atom is 0.243 e. The van der Waals surface area contributed by atoms with E-state index in [1.165, 1.54) is 4.31 Å². The van der Waals surface area contributed by atoms with Gasteiger partial charge in [-0.2, -0.15) is 4.31 Å². The first kappa shape index (κ1) is 16.5. The minimum atomic E-state index is -3.57. The predicted octanol–water partition coefficient (Wildman–Crippen LogP) is 1.63. The summed E-state index contributed by atoms with van der Waals surface area (Å²) in [5, 5.41) is 13.2. The summed E-state index contributed by atoms with van der Waals surface area (Å²) in [6.07, 6.45) is 0.725. The van der Waals surface area contributed by atoms with Gasteiger partial charge in [0, 0.05) is 13.1 Å². The monoisotopic (exact) mass is 345 g/mol. The molecule has 0 radical (unpaired) electrons. The van der Waals surface area contributed by atoms with Gasteiger partial charge in [-0.3, -0.25) is 0 Å². The van der Waals surface area contributed by atoms with Gasteiger partial charge < -0.3 is 16.2 Å². The molecule has 0 saturated carbocycles. The molecule has 24 heavy (non-hydrogen) atoms. The zero-order valence-corrected chi connectivity index (χ0v) is 13.8. The summed E-state index contributed by atoms with van der Waals surface area (Å²) in [6, 6.07) is 15.4. The predicted molar refractivity (Wildman–Crippen MR) is 93.8 cm³/mol. The number of sulfonamides is 1. The summed E-state index contributed by atoms with van der Waals surface area (Å²) < 4.78 is 26.5. The Morgan fingerprint density at radius 2 is 1.75 bits per heavy atom. The van der Waals surface area contributed by atoms with E-state index in [9.17, 15) is 13.5 Å². The van der Waals surface area contributed by atoms with E-state index in [1.807, 2.05) is 0 Å². The summed E-state index contributed by atoms with van der Waals surface area (Å²) in [4.78, 5) is 0.245. The second-order valence-corrected chi connectivity index (χ2v) is 7.46. The largest absolute Gasteiger partial charge is 0.397 e. The molecule has 1 aliphatic heterocycles. The Kier molecular flexibility index (Phi) is 4.57. The molecule has 2 aromatic rings. The molecule has 7 heteroatoms. The molecule has 126 valence electrons. The van der Waals surface area contributed by atoms with Gasteiger partial charge in [0.25, 0.3) is 0 Å². The Labute approximate surface area is 141 Å². The van der Waals surface area contributed by atoms with Gasteiger partial charge in [-0.1, -0.05) is 36.4 Å². The Balaban J connectivity index is 1.70. The third-order valence-electron chi connectivity index (χ3n) is 3.90. The van der Waals surface area contributed by atoms with Crippen LogP contribution in [0.3, 0.4) is 0 Å². The topological polar surface area (TPSA) is 95.7 Å². The number of hydrogen-bond acceptors (Lipinski definition) is 5. The third kappa shape index (κ3) is 3.28. The van der Waals surface area contributed by atoms with Crippen molar-refractivity contribution in [3.63, 3.8) is 0 Å². The standard InChI is InChI=1S/C17H19N3O3S/c18-15-8-4-5-9-16(15)19-17(21)13-10-11-20(12-13)24(22,23)14-6-2-1-3-7-14/h1-10,17,19,21H,11-12,18H2. The maximum absolute atomic E-state index is 12.6. The lowest BCUT2D eigenvalue weighted by molar-refractivity contribution is 0.236. The molecule has 1 atom stereocenters. The summed E-state index contributed by atoms with van der Waals surface area (Å²) in [7, 11) is -3.57. The molecular formula is C17H19N3O3S. The fourth-order valence-electron chi connectivity index (χ4n) is 2.54. The van der Waals surface area contributed by atoms with Crippen molar-refractivity contribution in [2.45, 2.75) is 11.1 Å². The lowest BCUT2D eigenvalue weighted by Crippen LogP contribution is -2.32. The van der Waals surface area contributed by atoms with E-state index < -0.39 is 16.3 Å². The highest BCUT2D eigenvalue weighted by Gasteiger charge is 2.30. The van der Waals surface area contributed by atoms with E-state index in [1.54, 1.807) is 60.7 Å². The molecule has 0 fully saturated rings. The highest BCUT2D eigenvalue weighted by atomic mass is 32.2. The van der Waals surface area contributed by atoms with E-state index in [0.717, 1.165) is 0 Å². The number of nitrogens with zero attached hydrogens (tertiary/aromatic N) is 1. The van der Waals surface area contributed by atoms with Crippen molar-refractivity contribution in [3.05, 3.63) is 66.2 Å². The van der Waals surface area contributed by atoms with E-state index >= 15 is 0 Å². The zero-order chi connectivity index (χ0) is 17.2. The highest BCUT2D eigenvalue weighted by molar-refractivity contribution is 7.89. The van der Waals surface area contributed by atoms with Crippen LogP contribution in [0, 0.1) is 0 Å². The van der Waals surface area contributed by atoms with Gasteiger partial charge >= 0.3 is 0 Å². The second kappa shape index (κ2) is 6.64. The third-order valence-corrected chi connectivity index (χ3v) is 5.73. The molecular weight excluding hydrogens is 326 g/mol. The Morgan fingerprint density at radius 3 is 2.46 bits per heavy atom. The van der Waals surface area contributed by atoms with Crippen LogP contribution in [0.2, 0.25) is 0 Å². The van der Waals surface area contributed by atoms with E-state index in [0.29, 0.717) is 16.9 Å². The van der Waals surface area contributed by atoms with Gasteiger partial charge in [-0.15, -0.1) is 0 Å². The molecule has 3 rings (SSSR count). The lowest BCUT2D eigenvalue weighted by atomic mass is 10.2. The van der Waals surface area contributed by atoms with Crippen molar-refractivity contribution >= 4 is 21.4 Å². The minimum Gasteiger partial charge on any atom is -0.397 e. The minimum absolute atomic E-state index is 0.137. The number of nitrogen functional groups attached to an aromatic ring is 1. The van der Waals surface area contributed by atoms with Crippen molar-refractivity contribution in [1.82, 2.24) is 4.31 Å². The van der Waals surface area contributed by atoms with Crippen LogP contribution < -0.4 is 11.1 Å². The Morgan fingerprint density at radius 1 is 1.08 bits per heavy atom. The van der Waals surface area contributed by atoms with Gasteiger partial charge in [0.2, 0.25) is 10.0 Å². The van der Waals surface area contributed by atoms with Gasteiger partial charge in [-0.05, 0) is 29.8 Å². The molecule has 0 aliphatic carbocycles. The van der Waals surface area contributed by atoms with Gasteiger partial charge in [0.1, 0.15) is 6.23 Å². The van der Waals surface area contributed by atoms with Crippen molar-refractivity contribution in [3.8, 4) is 0 Å². The van der Waals surface area contributed by atoms with Crippen LogP contribution >= 0.6 is 0 Å². The van der Waals surface area contributed by atoms with Crippen molar-refractivity contribution in [1.29, 1.82) is 0 Å². The fourth-order valence-corrected chi connectivity index (χ4v) is 3.93. The number of para-hydroxylation sites is 2. The van der Waals surface area contributed by atoms with Crippen LogP contribution in [0.5, 0.6) is 0 Å². The molecule has 6 nitrogen and oxygen atoms in total. The number of nitrogens with two attached hydrogens (primary N) is 1. The normalized spacial score (nSPS) is 16.6. The molecule has 4 N–H and O–H groups in total. The van der Waals surface area contributed by atoms with Crippen LogP contribution in [-0.2, 0) is 10.0 Å². The summed E-state index contributed by atoms with van der Waals surface area (Å²) in [5.74, 6) is 0. The van der Waals surface area contributed by atoms with E-state index in [-0.39, 0.29) is 18.0 Å². The summed E-state index contributed by atoms with van der Waals surface area (Å²) in [5.41, 5.74) is 7.56. The molecule has 1 unspecified atom stereocenters. The van der Waals surface area contributed by atoms with E-state index in [2.05, 4.69) is 5.32 Å². The van der Waals surface area contributed by atoms with Crippen LogP contribution in [0.25, 0.3) is 0 Å². The molecule has 1 aliphatic rings. The van der Waals surface area contributed by atoms with Crippen LogP contribution in [0.1, 0.15) is 0 Å². The van der Waals surface area contributed by atoms with Crippen LogP contribution in [-0.4, -0.2) is 37.1 Å². The van der Waals surface area contributed by atoms with Crippen molar-refractivity contribution in [2.75, 3.05) is 24.1 Å². The smallest absolute Gasteiger partial charge is 0.243 e. The first-order valence-electron chi connectivity index (χ1n) is 7.52. The zero-order valence-electron chi connectivity index (χ0n) is 13.0. The number of hydrogen-bond donors (Lipinski definition) is 3. The first-order chi connectivity index (χ1) is 11.5. The quantitative estimate of drug-likeness (QED) is 0.435. The summed E-state index contributed by atoms with van der Waals surface area (Å²) in [6.45, 7) is 0.369. The first-order valence-corrected chi connectivity index (χ1v) is 8.96. The Hall–Kier alpha value is -2.35. The van der Waals surface area contributed by atoms with Gasteiger partial charge in [0.05, 0.1) is 16.3 Å². The number of aliphatic hydroxyl groups is 1. The van der Waals surface area contributed by atoms with Crippen LogP contribution in [0.15, 0.2) is 71.1 Å². The van der Waals surface area contributed by atoms with Crippen LogP contribution in [0.4, 0.5) is 11.4 Å². The SMILES string of the molecule is Nc1ccccc1NC(O)C1=CCN(S(=O)(=O)c2ccccc2)C1. The molecule has 0 aromatic heterocycles. The average Bonchev–Trinajstić information content (AvgIpc) is 3.09. The van der Waals surface area contributed by atoms with Crippen molar-refractivity contribution < 1.29 is 13.5 Å². The molecule has 0 spiro atoms. The number of anilines is 2. The highest BCUT2D eigenvalue weighted by Crippen LogP contribution is 2.24. The molecule has 1 heterocycles. The molecule has 0 bridgehead atoms. The number of rotatable bonds is 5. The summed E-state index contributed by atoms with van der Waals surface area (Å²) >= 11 is 0. The fraction of sp³-hybridized carbons (Fsp3) is 0.176. The molecule has 0 saturated heterocycles. The lowest BCUT2D eigenvalue weighted by Gasteiger charge is -2.20. The number of aliphatic hydroxyl groups excluding tert-OH is 1. The molecule has 2 aromatic carbocycles.